The number of aliphatic hydroxyl groups excluding tert-OH is 1. The molecule has 118 valence electrons. The Bertz CT molecular complexity index is 468. The van der Waals surface area contributed by atoms with Gasteiger partial charge in [0.05, 0.1) is 6.10 Å². The van der Waals surface area contributed by atoms with E-state index in [-0.39, 0.29) is 6.10 Å². The SMILES string of the molecule is C=C1C(O)CC2C(C)CCC3CCC4(C)CCC1C4C32C. The van der Waals surface area contributed by atoms with E-state index in [1.165, 1.54) is 44.1 Å². The maximum atomic E-state index is 10.8. The smallest absolute Gasteiger partial charge is 0.0753 e. The van der Waals surface area contributed by atoms with E-state index in [0.717, 1.165) is 24.2 Å². The van der Waals surface area contributed by atoms with E-state index in [4.69, 9.17) is 0 Å². The molecule has 0 spiro atoms. The van der Waals surface area contributed by atoms with Crippen molar-refractivity contribution >= 4 is 0 Å². The predicted octanol–water partition coefficient (Wildman–Crippen LogP) is 4.80. The molecule has 0 radical (unpaired) electrons. The van der Waals surface area contributed by atoms with Crippen molar-refractivity contribution in [1.82, 2.24) is 0 Å². The average Bonchev–Trinajstić information content (AvgIpc) is 2.76. The van der Waals surface area contributed by atoms with Crippen LogP contribution in [0.5, 0.6) is 0 Å². The van der Waals surface area contributed by atoms with Crippen molar-refractivity contribution in [2.24, 2.45) is 40.4 Å². The molecule has 0 aromatic heterocycles. The molecule has 0 saturated heterocycles. The molecule has 0 aliphatic heterocycles. The van der Waals surface area contributed by atoms with Crippen molar-refractivity contribution in [1.29, 1.82) is 0 Å². The summed E-state index contributed by atoms with van der Waals surface area (Å²) in [6, 6.07) is 0. The fraction of sp³-hybridized carbons (Fsp3) is 0.900. The lowest BCUT2D eigenvalue weighted by Gasteiger charge is -2.61. The number of aliphatic hydroxyl groups is 1. The third kappa shape index (κ3) is 1.68. The second-order valence-corrected chi connectivity index (χ2v) is 9.37. The third-order valence-electron chi connectivity index (χ3n) is 8.63. The normalized spacial score (nSPS) is 59.5. The Kier molecular flexibility index (Phi) is 2.98. The standard InChI is InChI=1S/C20H32O/c1-12-5-6-14-7-9-19(3)10-8-15-13(2)17(21)11-16(12)20(14,4)18(15)19/h12,14-18,21H,2,5-11H2,1,3-4H3. The zero-order valence-corrected chi connectivity index (χ0v) is 14.1. The highest BCUT2D eigenvalue weighted by Crippen LogP contribution is 2.71. The molecule has 4 fully saturated rings. The molecule has 0 amide bonds. The van der Waals surface area contributed by atoms with E-state index < -0.39 is 0 Å². The maximum Gasteiger partial charge on any atom is 0.0753 e. The summed E-state index contributed by atoms with van der Waals surface area (Å²) in [6.07, 6.45) is 9.02. The van der Waals surface area contributed by atoms with Gasteiger partial charge in [0, 0.05) is 0 Å². The second-order valence-electron chi connectivity index (χ2n) is 9.37. The first-order chi connectivity index (χ1) is 9.88. The lowest BCUT2D eigenvalue weighted by molar-refractivity contribution is -0.128. The van der Waals surface area contributed by atoms with Crippen LogP contribution in [-0.2, 0) is 0 Å². The summed E-state index contributed by atoms with van der Waals surface area (Å²) < 4.78 is 0. The first kappa shape index (κ1) is 14.3. The van der Waals surface area contributed by atoms with Crippen LogP contribution < -0.4 is 0 Å². The van der Waals surface area contributed by atoms with E-state index in [1.54, 1.807) is 0 Å². The van der Waals surface area contributed by atoms with Crippen LogP contribution in [0.15, 0.2) is 12.2 Å². The van der Waals surface area contributed by atoms with Crippen molar-refractivity contribution in [3.8, 4) is 0 Å². The van der Waals surface area contributed by atoms with Crippen LogP contribution in [0.25, 0.3) is 0 Å². The predicted molar refractivity (Wildman–Crippen MR) is 86.8 cm³/mol. The Morgan fingerprint density at radius 3 is 2.57 bits per heavy atom. The molecule has 1 N–H and O–H groups in total. The highest BCUT2D eigenvalue weighted by Gasteiger charge is 2.64. The van der Waals surface area contributed by atoms with Gasteiger partial charge in [-0.2, -0.15) is 0 Å². The van der Waals surface area contributed by atoms with E-state index in [0.29, 0.717) is 22.7 Å². The van der Waals surface area contributed by atoms with Gasteiger partial charge in [0.2, 0.25) is 0 Å². The van der Waals surface area contributed by atoms with Gasteiger partial charge in [-0.1, -0.05) is 33.8 Å². The van der Waals surface area contributed by atoms with Gasteiger partial charge in [0.15, 0.2) is 0 Å². The molecule has 0 bridgehead atoms. The fourth-order valence-electron chi connectivity index (χ4n) is 7.62. The molecule has 0 aromatic carbocycles. The van der Waals surface area contributed by atoms with Gasteiger partial charge >= 0.3 is 0 Å². The Hall–Kier alpha value is -0.300. The maximum absolute atomic E-state index is 10.8. The van der Waals surface area contributed by atoms with Gasteiger partial charge in [0.25, 0.3) is 0 Å². The van der Waals surface area contributed by atoms with Crippen molar-refractivity contribution in [2.75, 3.05) is 0 Å². The second kappa shape index (κ2) is 4.37. The molecule has 0 aromatic rings. The van der Waals surface area contributed by atoms with Gasteiger partial charge < -0.3 is 5.11 Å². The summed E-state index contributed by atoms with van der Waals surface area (Å²) >= 11 is 0. The monoisotopic (exact) mass is 288 g/mol. The Morgan fingerprint density at radius 2 is 1.81 bits per heavy atom. The molecule has 4 rings (SSSR count). The molecule has 8 unspecified atom stereocenters. The minimum atomic E-state index is -0.244. The summed E-state index contributed by atoms with van der Waals surface area (Å²) in [5.74, 6) is 3.75. The average molecular weight is 288 g/mol. The number of hydrogen-bond donors (Lipinski definition) is 1. The van der Waals surface area contributed by atoms with E-state index >= 15 is 0 Å². The number of hydrogen-bond acceptors (Lipinski definition) is 1. The van der Waals surface area contributed by atoms with Crippen molar-refractivity contribution in [3.63, 3.8) is 0 Å². The molecular weight excluding hydrogens is 256 g/mol. The van der Waals surface area contributed by atoms with Crippen molar-refractivity contribution < 1.29 is 5.11 Å². The zero-order valence-electron chi connectivity index (χ0n) is 14.1. The molecular formula is C20H32O. The molecule has 4 aliphatic carbocycles. The third-order valence-corrected chi connectivity index (χ3v) is 8.63. The molecule has 4 aliphatic rings. The van der Waals surface area contributed by atoms with Crippen molar-refractivity contribution in [2.45, 2.75) is 71.8 Å². The Balaban J connectivity index is 1.88. The summed E-state index contributed by atoms with van der Waals surface area (Å²) in [5.41, 5.74) is 2.15. The molecule has 4 saturated carbocycles. The van der Waals surface area contributed by atoms with Crippen LogP contribution in [0.3, 0.4) is 0 Å². The van der Waals surface area contributed by atoms with Gasteiger partial charge in [-0.05, 0) is 84.5 Å². The van der Waals surface area contributed by atoms with Crippen LogP contribution >= 0.6 is 0 Å². The lowest BCUT2D eigenvalue weighted by atomic mass is 9.43. The van der Waals surface area contributed by atoms with E-state index in [9.17, 15) is 5.11 Å². The largest absolute Gasteiger partial charge is 0.389 e. The highest BCUT2D eigenvalue weighted by molar-refractivity contribution is 5.23. The molecule has 0 heterocycles. The van der Waals surface area contributed by atoms with Crippen LogP contribution in [-0.4, -0.2) is 11.2 Å². The van der Waals surface area contributed by atoms with E-state index in [2.05, 4.69) is 27.4 Å². The Morgan fingerprint density at radius 1 is 1.10 bits per heavy atom. The topological polar surface area (TPSA) is 20.2 Å². The first-order valence-corrected chi connectivity index (χ1v) is 9.24. The fourth-order valence-corrected chi connectivity index (χ4v) is 7.62. The quantitative estimate of drug-likeness (QED) is 0.635. The van der Waals surface area contributed by atoms with Crippen LogP contribution in [0, 0.1) is 40.4 Å². The minimum Gasteiger partial charge on any atom is -0.389 e. The van der Waals surface area contributed by atoms with Gasteiger partial charge in [-0.3, -0.25) is 0 Å². The van der Waals surface area contributed by atoms with E-state index in [1.807, 2.05) is 0 Å². The van der Waals surface area contributed by atoms with Crippen molar-refractivity contribution in [3.05, 3.63) is 12.2 Å². The Labute approximate surface area is 130 Å². The summed E-state index contributed by atoms with van der Waals surface area (Å²) in [4.78, 5) is 0. The molecule has 1 nitrogen and oxygen atoms in total. The summed E-state index contributed by atoms with van der Waals surface area (Å²) in [7, 11) is 0. The summed E-state index contributed by atoms with van der Waals surface area (Å²) in [5, 5.41) is 10.8. The van der Waals surface area contributed by atoms with Crippen LogP contribution in [0.1, 0.15) is 65.7 Å². The molecule has 8 atom stereocenters. The summed E-state index contributed by atoms with van der Waals surface area (Å²) in [6.45, 7) is 12.0. The lowest BCUT2D eigenvalue weighted by Crippen LogP contribution is -2.55. The van der Waals surface area contributed by atoms with Crippen LogP contribution in [0.4, 0.5) is 0 Å². The number of rotatable bonds is 0. The van der Waals surface area contributed by atoms with Gasteiger partial charge in [0.1, 0.15) is 0 Å². The first-order valence-electron chi connectivity index (χ1n) is 9.24. The molecule has 1 heteroatoms. The van der Waals surface area contributed by atoms with Gasteiger partial charge in [-0.25, -0.2) is 0 Å². The molecule has 21 heavy (non-hydrogen) atoms. The zero-order chi connectivity index (χ0) is 15.0. The van der Waals surface area contributed by atoms with Crippen LogP contribution in [0.2, 0.25) is 0 Å². The van der Waals surface area contributed by atoms with Gasteiger partial charge in [-0.15, -0.1) is 0 Å². The minimum absolute atomic E-state index is 0.244. The highest BCUT2D eigenvalue weighted by atomic mass is 16.3.